The number of thiophene rings is 1. The summed E-state index contributed by atoms with van der Waals surface area (Å²) in [6.07, 6.45) is 4.58. The first-order valence-electron chi connectivity index (χ1n) is 9.32. The SMILES string of the molecule is CN(C)c1ccc(CN2CCC3(CC2)OCCc2cc(C(=O)O)sc23)cn1. The van der Waals surface area contributed by atoms with Gasteiger partial charge < -0.3 is 14.7 Å². The number of hydrogen-bond acceptors (Lipinski definition) is 6. The predicted octanol–water partition coefficient (Wildman–Crippen LogP) is 2.97. The summed E-state index contributed by atoms with van der Waals surface area (Å²) in [7, 11) is 3.98. The standard InChI is InChI=1S/C20H25N3O3S/c1-22(2)17-4-3-14(12-21-17)13-23-8-6-20(7-9-23)18-15(5-10-26-20)11-16(27-18)19(24)25/h3-4,11-12H,5-10,13H2,1-2H3,(H,24,25). The Morgan fingerprint density at radius 1 is 1.37 bits per heavy atom. The maximum atomic E-state index is 11.4. The number of likely N-dealkylation sites (tertiary alicyclic amines) is 1. The second-order valence-corrected chi connectivity index (χ2v) is 8.61. The van der Waals surface area contributed by atoms with E-state index in [0.29, 0.717) is 11.5 Å². The van der Waals surface area contributed by atoms with Gasteiger partial charge in [-0.1, -0.05) is 6.07 Å². The van der Waals surface area contributed by atoms with Crippen LogP contribution in [0.25, 0.3) is 0 Å². The van der Waals surface area contributed by atoms with Gasteiger partial charge in [-0.3, -0.25) is 4.90 Å². The number of hydrogen-bond donors (Lipinski definition) is 1. The van der Waals surface area contributed by atoms with Gasteiger partial charge in [0.15, 0.2) is 0 Å². The monoisotopic (exact) mass is 387 g/mol. The van der Waals surface area contributed by atoms with Gasteiger partial charge in [-0.2, -0.15) is 0 Å². The topological polar surface area (TPSA) is 65.9 Å². The Kier molecular flexibility index (Phi) is 4.92. The lowest BCUT2D eigenvalue weighted by Gasteiger charge is -2.43. The van der Waals surface area contributed by atoms with E-state index in [4.69, 9.17) is 4.74 Å². The van der Waals surface area contributed by atoms with Gasteiger partial charge in [-0.05, 0) is 42.5 Å². The highest BCUT2D eigenvalue weighted by molar-refractivity contribution is 7.14. The number of anilines is 1. The van der Waals surface area contributed by atoms with Crippen LogP contribution in [0.1, 0.15) is 38.5 Å². The number of ether oxygens (including phenoxy) is 1. The lowest BCUT2D eigenvalue weighted by Crippen LogP contribution is -2.45. The normalized spacial score (nSPS) is 19.0. The molecule has 0 unspecified atom stereocenters. The van der Waals surface area contributed by atoms with E-state index in [-0.39, 0.29) is 5.60 Å². The van der Waals surface area contributed by atoms with Crippen molar-refractivity contribution in [3.05, 3.63) is 45.3 Å². The van der Waals surface area contributed by atoms with Crippen LogP contribution in [0.5, 0.6) is 0 Å². The van der Waals surface area contributed by atoms with Crippen LogP contribution < -0.4 is 4.90 Å². The van der Waals surface area contributed by atoms with Crippen LogP contribution in [-0.4, -0.2) is 54.8 Å². The fourth-order valence-electron chi connectivity index (χ4n) is 4.00. The summed E-state index contributed by atoms with van der Waals surface area (Å²) in [5, 5.41) is 9.33. The molecule has 1 saturated heterocycles. The maximum Gasteiger partial charge on any atom is 0.345 e. The highest BCUT2D eigenvalue weighted by atomic mass is 32.1. The van der Waals surface area contributed by atoms with E-state index in [1.807, 2.05) is 31.3 Å². The molecular weight excluding hydrogens is 362 g/mol. The molecule has 0 atom stereocenters. The number of carboxylic acids is 1. The zero-order valence-electron chi connectivity index (χ0n) is 15.8. The van der Waals surface area contributed by atoms with Gasteiger partial charge in [0, 0.05) is 44.8 Å². The molecule has 2 aromatic rings. The summed E-state index contributed by atoms with van der Waals surface area (Å²) in [6, 6.07) is 6.04. The molecule has 4 rings (SSSR count). The van der Waals surface area contributed by atoms with Crippen LogP contribution in [0.4, 0.5) is 5.82 Å². The highest BCUT2D eigenvalue weighted by Crippen LogP contribution is 2.45. The molecule has 4 heterocycles. The molecule has 6 nitrogen and oxygen atoms in total. The van der Waals surface area contributed by atoms with E-state index in [9.17, 15) is 9.90 Å². The Labute approximate surface area is 163 Å². The summed E-state index contributed by atoms with van der Waals surface area (Å²) in [5.74, 6) is 0.127. The maximum absolute atomic E-state index is 11.4. The largest absolute Gasteiger partial charge is 0.477 e. The average molecular weight is 388 g/mol. The zero-order chi connectivity index (χ0) is 19.0. The number of pyridine rings is 1. The van der Waals surface area contributed by atoms with E-state index in [2.05, 4.69) is 22.0 Å². The molecule has 0 bridgehead atoms. The molecule has 0 aliphatic carbocycles. The first kappa shape index (κ1) is 18.4. The number of carboxylic acid groups (broad SMARTS) is 1. The van der Waals surface area contributed by atoms with Crippen molar-refractivity contribution in [2.45, 2.75) is 31.4 Å². The van der Waals surface area contributed by atoms with Gasteiger partial charge in [0.2, 0.25) is 0 Å². The average Bonchev–Trinajstić information content (AvgIpc) is 3.11. The van der Waals surface area contributed by atoms with Gasteiger partial charge in [-0.15, -0.1) is 11.3 Å². The van der Waals surface area contributed by atoms with Gasteiger partial charge in [0.25, 0.3) is 0 Å². The molecule has 0 radical (unpaired) electrons. The predicted molar refractivity (Wildman–Crippen MR) is 106 cm³/mol. The second kappa shape index (κ2) is 7.22. The van der Waals surface area contributed by atoms with Crippen molar-refractivity contribution >= 4 is 23.1 Å². The Bertz CT molecular complexity index is 823. The fourth-order valence-corrected chi connectivity index (χ4v) is 5.25. The molecule has 2 aromatic heterocycles. The number of aromatic carboxylic acids is 1. The molecule has 1 N–H and O–H groups in total. The van der Waals surface area contributed by atoms with Crippen LogP contribution in [0.15, 0.2) is 24.4 Å². The lowest BCUT2D eigenvalue weighted by molar-refractivity contribution is -0.0960. The smallest absolute Gasteiger partial charge is 0.345 e. The third-order valence-electron chi connectivity index (χ3n) is 5.52. The van der Waals surface area contributed by atoms with Crippen molar-refractivity contribution in [2.24, 2.45) is 0 Å². The summed E-state index contributed by atoms with van der Waals surface area (Å²) in [5.41, 5.74) is 2.09. The fraction of sp³-hybridized carbons (Fsp3) is 0.500. The molecule has 144 valence electrons. The molecule has 0 amide bonds. The van der Waals surface area contributed by atoms with Crippen molar-refractivity contribution in [3.63, 3.8) is 0 Å². The second-order valence-electron chi connectivity index (χ2n) is 7.56. The Balaban J connectivity index is 1.44. The van der Waals surface area contributed by atoms with E-state index in [0.717, 1.165) is 49.6 Å². The first-order chi connectivity index (χ1) is 13.0. The third-order valence-corrected chi connectivity index (χ3v) is 6.87. The van der Waals surface area contributed by atoms with Crippen LogP contribution in [0.3, 0.4) is 0 Å². The van der Waals surface area contributed by atoms with Crippen molar-refractivity contribution in [3.8, 4) is 0 Å². The number of rotatable bonds is 4. The van der Waals surface area contributed by atoms with Gasteiger partial charge >= 0.3 is 5.97 Å². The minimum atomic E-state index is -0.837. The lowest BCUT2D eigenvalue weighted by atomic mass is 9.85. The number of piperidine rings is 1. The van der Waals surface area contributed by atoms with Crippen LogP contribution in [0.2, 0.25) is 0 Å². The number of nitrogens with zero attached hydrogens (tertiary/aromatic N) is 3. The molecule has 27 heavy (non-hydrogen) atoms. The van der Waals surface area contributed by atoms with Crippen LogP contribution in [-0.2, 0) is 23.3 Å². The van der Waals surface area contributed by atoms with Gasteiger partial charge in [0.1, 0.15) is 16.3 Å². The molecule has 2 aliphatic heterocycles. The first-order valence-corrected chi connectivity index (χ1v) is 10.1. The number of carbonyl (C=O) groups is 1. The molecule has 0 saturated carbocycles. The van der Waals surface area contributed by atoms with Gasteiger partial charge in [0.05, 0.1) is 6.61 Å². The quantitative estimate of drug-likeness (QED) is 0.870. The molecule has 1 spiro atoms. The highest BCUT2D eigenvalue weighted by Gasteiger charge is 2.42. The van der Waals surface area contributed by atoms with Crippen molar-refractivity contribution in [2.75, 3.05) is 38.7 Å². The minimum absolute atomic E-state index is 0.296. The van der Waals surface area contributed by atoms with E-state index < -0.39 is 5.97 Å². The molecule has 1 fully saturated rings. The van der Waals surface area contributed by atoms with Gasteiger partial charge in [-0.25, -0.2) is 9.78 Å². The molecular formula is C20H25N3O3S. The molecule has 7 heteroatoms. The van der Waals surface area contributed by atoms with Crippen LogP contribution >= 0.6 is 11.3 Å². The van der Waals surface area contributed by atoms with Crippen LogP contribution in [0, 0.1) is 0 Å². The molecule has 0 aromatic carbocycles. The van der Waals surface area contributed by atoms with Crippen molar-refractivity contribution in [1.82, 2.24) is 9.88 Å². The summed E-state index contributed by atoms with van der Waals surface area (Å²) in [4.78, 5) is 21.9. The molecule has 2 aliphatic rings. The number of fused-ring (bicyclic) bond motifs is 2. The van der Waals surface area contributed by atoms with E-state index in [1.165, 1.54) is 22.5 Å². The summed E-state index contributed by atoms with van der Waals surface area (Å²) in [6.45, 7) is 3.44. The summed E-state index contributed by atoms with van der Waals surface area (Å²) >= 11 is 1.40. The van der Waals surface area contributed by atoms with E-state index in [1.54, 1.807) is 0 Å². The van der Waals surface area contributed by atoms with Crippen molar-refractivity contribution < 1.29 is 14.6 Å². The Morgan fingerprint density at radius 3 is 2.78 bits per heavy atom. The van der Waals surface area contributed by atoms with Crippen molar-refractivity contribution in [1.29, 1.82) is 0 Å². The number of aromatic nitrogens is 1. The minimum Gasteiger partial charge on any atom is -0.477 e. The Morgan fingerprint density at radius 2 is 2.15 bits per heavy atom. The Hall–Kier alpha value is -1.96. The van der Waals surface area contributed by atoms with E-state index >= 15 is 0 Å². The summed E-state index contributed by atoms with van der Waals surface area (Å²) < 4.78 is 6.24. The zero-order valence-corrected chi connectivity index (χ0v) is 16.6. The third kappa shape index (κ3) is 3.59.